The number of hydrogen-bond donors (Lipinski definition) is 0. The zero-order chi connectivity index (χ0) is 22.6. The number of halogens is 2. The van der Waals surface area contributed by atoms with E-state index in [2.05, 4.69) is 81.2 Å². The van der Waals surface area contributed by atoms with Gasteiger partial charge in [0, 0.05) is 22.6 Å². The van der Waals surface area contributed by atoms with Crippen LogP contribution in [0, 0.1) is 6.92 Å². The van der Waals surface area contributed by atoms with Crippen molar-refractivity contribution in [1.82, 2.24) is 5.01 Å². The number of aryl methyl sites for hydroxylation is 1. The van der Waals surface area contributed by atoms with Crippen LogP contribution < -0.4 is 4.74 Å². The standard InChI is InChI=1S/C27H26Cl2N2O/c1-16-5-7-17(8-6-16)23-15-24-21-13-20(28)14-22(29)25(21)32-26(31(24)30-23)18-9-11-19(12-10-18)27(2,3)4/h5-14,24,26H,15H2,1-4H3. The Morgan fingerprint density at radius 1 is 0.969 bits per heavy atom. The first-order chi connectivity index (χ1) is 15.2. The molecular formula is C27H26Cl2N2O. The molecule has 0 fully saturated rings. The SMILES string of the molecule is Cc1ccc(C2=NN3C(C2)c2cc(Cl)cc(Cl)c2OC3c2ccc(C(C)(C)C)cc2)cc1. The lowest BCUT2D eigenvalue weighted by molar-refractivity contribution is -0.0189. The maximum atomic E-state index is 6.58. The lowest BCUT2D eigenvalue weighted by Gasteiger charge is -2.38. The number of hydrogen-bond acceptors (Lipinski definition) is 3. The van der Waals surface area contributed by atoms with Gasteiger partial charge in [-0.05, 0) is 35.6 Å². The monoisotopic (exact) mass is 464 g/mol. The number of hydrazone groups is 1. The fourth-order valence-corrected chi connectivity index (χ4v) is 4.96. The van der Waals surface area contributed by atoms with E-state index in [0.717, 1.165) is 28.8 Å². The van der Waals surface area contributed by atoms with E-state index in [0.29, 0.717) is 15.8 Å². The molecule has 0 aliphatic carbocycles. The van der Waals surface area contributed by atoms with Gasteiger partial charge in [-0.2, -0.15) is 5.10 Å². The van der Waals surface area contributed by atoms with E-state index in [1.807, 2.05) is 6.07 Å². The predicted octanol–water partition coefficient (Wildman–Crippen LogP) is 7.84. The minimum absolute atomic E-state index is 0.0125. The van der Waals surface area contributed by atoms with Crippen molar-refractivity contribution in [3.8, 4) is 5.75 Å². The molecule has 2 aliphatic rings. The summed E-state index contributed by atoms with van der Waals surface area (Å²) in [6, 6.07) is 20.8. The quantitative estimate of drug-likeness (QED) is 0.385. The van der Waals surface area contributed by atoms with Gasteiger partial charge in [0.15, 0.2) is 0 Å². The van der Waals surface area contributed by atoms with Gasteiger partial charge in [-0.25, -0.2) is 5.01 Å². The average Bonchev–Trinajstić information content (AvgIpc) is 3.19. The third-order valence-corrected chi connectivity index (χ3v) is 6.75. The normalized spacial score (nSPS) is 19.8. The molecule has 0 amide bonds. The molecule has 32 heavy (non-hydrogen) atoms. The van der Waals surface area contributed by atoms with E-state index in [-0.39, 0.29) is 17.7 Å². The van der Waals surface area contributed by atoms with Gasteiger partial charge in [-0.3, -0.25) is 0 Å². The van der Waals surface area contributed by atoms with E-state index in [1.165, 1.54) is 11.1 Å². The highest BCUT2D eigenvalue weighted by Gasteiger charge is 2.42. The summed E-state index contributed by atoms with van der Waals surface area (Å²) in [6.07, 6.45) is 0.412. The Balaban J connectivity index is 1.59. The molecule has 0 radical (unpaired) electrons. The molecule has 2 heterocycles. The number of fused-ring (bicyclic) bond motifs is 3. The van der Waals surface area contributed by atoms with Crippen molar-refractivity contribution in [3.63, 3.8) is 0 Å². The summed E-state index contributed by atoms with van der Waals surface area (Å²) in [5.41, 5.74) is 6.80. The van der Waals surface area contributed by atoms with Gasteiger partial charge in [0.2, 0.25) is 6.23 Å². The van der Waals surface area contributed by atoms with Crippen LogP contribution in [0.2, 0.25) is 10.0 Å². The minimum Gasteiger partial charge on any atom is -0.463 e. The zero-order valence-corrected chi connectivity index (χ0v) is 20.2. The van der Waals surface area contributed by atoms with E-state index >= 15 is 0 Å². The Kier molecular flexibility index (Phi) is 5.22. The van der Waals surface area contributed by atoms with Gasteiger partial charge in [-0.1, -0.05) is 98.1 Å². The largest absolute Gasteiger partial charge is 0.463 e. The van der Waals surface area contributed by atoms with Crippen LogP contribution >= 0.6 is 23.2 Å². The van der Waals surface area contributed by atoms with Crippen molar-refractivity contribution in [2.45, 2.75) is 51.8 Å². The van der Waals surface area contributed by atoms with E-state index in [4.69, 9.17) is 33.0 Å². The highest BCUT2D eigenvalue weighted by atomic mass is 35.5. The molecule has 0 aromatic heterocycles. The number of nitrogens with zero attached hydrogens (tertiary/aromatic N) is 2. The summed E-state index contributed by atoms with van der Waals surface area (Å²) in [7, 11) is 0. The van der Waals surface area contributed by atoms with Crippen LogP contribution in [-0.4, -0.2) is 10.7 Å². The van der Waals surface area contributed by atoms with Crippen LogP contribution in [-0.2, 0) is 5.41 Å². The first-order valence-electron chi connectivity index (χ1n) is 10.9. The molecule has 3 nitrogen and oxygen atoms in total. The second-order valence-corrected chi connectivity index (χ2v) is 10.5. The van der Waals surface area contributed by atoms with Crippen molar-refractivity contribution in [3.05, 3.63) is 98.5 Å². The molecule has 0 saturated carbocycles. The first-order valence-corrected chi connectivity index (χ1v) is 11.7. The maximum Gasteiger partial charge on any atom is 0.213 e. The Morgan fingerprint density at radius 3 is 2.31 bits per heavy atom. The topological polar surface area (TPSA) is 24.8 Å². The predicted molar refractivity (Wildman–Crippen MR) is 132 cm³/mol. The van der Waals surface area contributed by atoms with Crippen LogP contribution in [0.1, 0.15) is 67.3 Å². The zero-order valence-electron chi connectivity index (χ0n) is 18.7. The second kappa shape index (κ2) is 7.83. The summed E-state index contributed by atoms with van der Waals surface area (Å²) < 4.78 is 6.47. The van der Waals surface area contributed by atoms with Crippen molar-refractivity contribution in [1.29, 1.82) is 0 Å². The summed E-state index contributed by atoms with van der Waals surface area (Å²) in [5, 5.41) is 8.24. The Bertz CT molecular complexity index is 1190. The van der Waals surface area contributed by atoms with Crippen molar-refractivity contribution in [2.75, 3.05) is 0 Å². The highest BCUT2D eigenvalue weighted by molar-refractivity contribution is 6.35. The first kappa shape index (κ1) is 21.4. The van der Waals surface area contributed by atoms with Crippen molar-refractivity contribution >= 4 is 28.9 Å². The Morgan fingerprint density at radius 2 is 1.66 bits per heavy atom. The van der Waals surface area contributed by atoms with Crippen molar-refractivity contribution < 1.29 is 4.74 Å². The van der Waals surface area contributed by atoms with Crippen LogP contribution in [0.15, 0.2) is 65.8 Å². The molecule has 5 heteroatoms. The molecule has 5 rings (SSSR count). The molecule has 0 bridgehead atoms. The lowest BCUT2D eigenvalue weighted by Crippen LogP contribution is -2.34. The molecule has 0 spiro atoms. The van der Waals surface area contributed by atoms with Gasteiger partial charge < -0.3 is 4.74 Å². The van der Waals surface area contributed by atoms with E-state index < -0.39 is 0 Å². The number of benzene rings is 3. The summed E-state index contributed by atoms with van der Waals surface area (Å²) in [6.45, 7) is 8.74. The molecule has 0 saturated heterocycles. The van der Waals surface area contributed by atoms with Crippen LogP contribution in [0.4, 0.5) is 0 Å². The number of rotatable bonds is 2. The minimum atomic E-state index is -0.358. The van der Waals surface area contributed by atoms with Crippen LogP contribution in [0.25, 0.3) is 0 Å². The Labute approximate surface area is 199 Å². The second-order valence-electron chi connectivity index (χ2n) is 9.66. The molecule has 164 valence electrons. The summed E-state index contributed by atoms with van der Waals surface area (Å²) >= 11 is 12.9. The smallest absolute Gasteiger partial charge is 0.213 e. The highest BCUT2D eigenvalue weighted by Crippen LogP contribution is 2.50. The molecular weight excluding hydrogens is 439 g/mol. The molecule has 2 aliphatic heterocycles. The van der Waals surface area contributed by atoms with Crippen LogP contribution in [0.5, 0.6) is 5.75 Å². The third-order valence-electron chi connectivity index (χ3n) is 6.25. The summed E-state index contributed by atoms with van der Waals surface area (Å²) in [4.78, 5) is 0. The van der Waals surface area contributed by atoms with Gasteiger partial charge in [0.25, 0.3) is 0 Å². The van der Waals surface area contributed by atoms with Crippen molar-refractivity contribution in [2.24, 2.45) is 5.10 Å². The fourth-order valence-electron chi connectivity index (χ4n) is 4.40. The molecule has 3 aromatic carbocycles. The fraction of sp³-hybridized carbons (Fsp3) is 0.296. The average molecular weight is 465 g/mol. The third kappa shape index (κ3) is 3.78. The van der Waals surface area contributed by atoms with Gasteiger partial charge in [0.1, 0.15) is 5.75 Å². The molecule has 3 aromatic rings. The van der Waals surface area contributed by atoms with Gasteiger partial charge >= 0.3 is 0 Å². The number of ether oxygens (including phenoxy) is 1. The van der Waals surface area contributed by atoms with Gasteiger partial charge in [0.05, 0.1) is 16.8 Å². The Hall–Kier alpha value is -2.49. The molecule has 2 unspecified atom stereocenters. The summed E-state index contributed by atoms with van der Waals surface area (Å²) in [5.74, 6) is 0.697. The lowest BCUT2D eigenvalue weighted by atomic mass is 9.86. The van der Waals surface area contributed by atoms with E-state index in [9.17, 15) is 0 Å². The van der Waals surface area contributed by atoms with Gasteiger partial charge in [-0.15, -0.1) is 0 Å². The van der Waals surface area contributed by atoms with Crippen LogP contribution in [0.3, 0.4) is 0 Å². The molecule has 2 atom stereocenters. The van der Waals surface area contributed by atoms with E-state index in [1.54, 1.807) is 6.07 Å². The maximum absolute atomic E-state index is 6.58. The molecule has 0 N–H and O–H groups in total.